The Hall–Kier alpha value is -0.870. The van der Waals surface area contributed by atoms with E-state index in [0.717, 1.165) is 11.4 Å². The van der Waals surface area contributed by atoms with Crippen molar-refractivity contribution in [2.45, 2.75) is 45.3 Å². The lowest BCUT2D eigenvalue weighted by Crippen LogP contribution is -2.30. The first kappa shape index (κ1) is 10.6. The fraction of sp³-hybridized carbons (Fsp3) is 0.727. The molecule has 1 aliphatic rings. The zero-order valence-electron chi connectivity index (χ0n) is 9.53. The lowest BCUT2D eigenvalue weighted by Gasteiger charge is -2.26. The molecule has 1 unspecified atom stereocenters. The summed E-state index contributed by atoms with van der Waals surface area (Å²) in [7, 11) is 0. The van der Waals surface area contributed by atoms with Crippen molar-refractivity contribution in [3.05, 3.63) is 17.5 Å². The predicted octanol–water partition coefficient (Wildman–Crippen LogP) is 1.41. The van der Waals surface area contributed by atoms with Crippen molar-refractivity contribution in [1.29, 1.82) is 0 Å². The van der Waals surface area contributed by atoms with Gasteiger partial charge >= 0.3 is 0 Å². The molecule has 0 spiro atoms. The lowest BCUT2D eigenvalue weighted by molar-refractivity contribution is 0.202. The van der Waals surface area contributed by atoms with Crippen LogP contribution in [0.5, 0.6) is 0 Å². The van der Waals surface area contributed by atoms with E-state index in [9.17, 15) is 0 Å². The number of nitrogens with zero attached hydrogens (tertiary/aromatic N) is 2. The Morgan fingerprint density at radius 3 is 3.07 bits per heavy atom. The molecule has 1 aliphatic heterocycles. The number of hydrogen-bond donors (Lipinski definition) is 2. The molecule has 3 N–H and O–H groups in total. The molecular weight excluding hydrogens is 188 g/mol. The molecule has 1 aromatic rings. The number of nitrogens with one attached hydrogen (secondary N) is 1. The maximum absolute atomic E-state index is 5.57. The molecule has 0 bridgehead atoms. The van der Waals surface area contributed by atoms with Crippen molar-refractivity contribution in [3.8, 4) is 0 Å². The quantitative estimate of drug-likeness (QED) is 0.789. The maximum Gasteiger partial charge on any atom is 0.0797 e. The van der Waals surface area contributed by atoms with E-state index in [2.05, 4.69) is 35.0 Å². The number of aromatic amines is 1. The van der Waals surface area contributed by atoms with Crippen molar-refractivity contribution in [3.63, 3.8) is 0 Å². The molecule has 0 amide bonds. The van der Waals surface area contributed by atoms with E-state index in [1.165, 1.54) is 19.4 Å². The van der Waals surface area contributed by atoms with Gasteiger partial charge in [0, 0.05) is 18.3 Å². The van der Waals surface area contributed by atoms with E-state index < -0.39 is 0 Å². The summed E-state index contributed by atoms with van der Waals surface area (Å²) in [4.78, 5) is 2.51. The summed E-state index contributed by atoms with van der Waals surface area (Å²) < 4.78 is 0. The van der Waals surface area contributed by atoms with Crippen LogP contribution in [-0.2, 0) is 6.54 Å². The molecule has 1 fully saturated rings. The average molecular weight is 208 g/mol. The first-order valence-corrected chi connectivity index (χ1v) is 5.72. The minimum atomic E-state index is 0.488. The van der Waals surface area contributed by atoms with Gasteiger partial charge in [0.05, 0.1) is 11.7 Å². The van der Waals surface area contributed by atoms with Crippen LogP contribution in [0.15, 0.2) is 6.07 Å². The van der Waals surface area contributed by atoms with Gasteiger partial charge in [-0.15, -0.1) is 0 Å². The zero-order chi connectivity index (χ0) is 10.8. The van der Waals surface area contributed by atoms with Gasteiger partial charge < -0.3 is 5.73 Å². The van der Waals surface area contributed by atoms with Gasteiger partial charge in [0.2, 0.25) is 0 Å². The van der Waals surface area contributed by atoms with E-state index in [1.807, 2.05) is 0 Å². The third-order valence-corrected chi connectivity index (χ3v) is 3.17. The standard InChI is InChI=1S/C11H20N4/c1-8(2)15-5-3-4-11(15)10-6-9(7-12)13-14-10/h6,8,11H,3-5,7,12H2,1-2H3,(H,13,14). The minimum absolute atomic E-state index is 0.488. The van der Waals surface area contributed by atoms with E-state index in [1.54, 1.807) is 0 Å². The molecule has 2 rings (SSSR count). The van der Waals surface area contributed by atoms with Gasteiger partial charge in [-0.25, -0.2) is 0 Å². The zero-order valence-corrected chi connectivity index (χ0v) is 9.53. The van der Waals surface area contributed by atoms with Gasteiger partial charge in [0.15, 0.2) is 0 Å². The maximum atomic E-state index is 5.57. The van der Waals surface area contributed by atoms with E-state index in [0.29, 0.717) is 18.6 Å². The molecular formula is C11H20N4. The van der Waals surface area contributed by atoms with Crippen LogP contribution in [0.4, 0.5) is 0 Å². The predicted molar refractivity (Wildman–Crippen MR) is 60.3 cm³/mol. The third-order valence-electron chi connectivity index (χ3n) is 3.17. The summed E-state index contributed by atoms with van der Waals surface area (Å²) in [6, 6.07) is 3.18. The van der Waals surface area contributed by atoms with Gasteiger partial charge in [-0.3, -0.25) is 10.00 Å². The van der Waals surface area contributed by atoms with Crippen LogP contribution in [0.2, 0.25) is 0 Å². The van der Waals surface area contributed by atoms with Crippen molar-refractivity contribution >= 4 is 0 Å². The fourth-order valence-corrected chi connectivity index (χ4v) is 2.38. The first-order valence-electron chi connectivity index (χ1n) is 5.72. The van der Waals surface area contributed by atoms with E-state index in [4.69, 9.17) is 5.73 Å². The second-order valence-electron chi connectivity index (χ2n) is 4.51. The fourth-order valence-electron chi connectivity index (χ4n) is 2.38. The second-order valence-corrected chi connectivity index (χ2v) is 4.51. The van der Waals surface area contributed by atoms with Gasteiger partial charge in [0.1, 0.15) is 0 Å². The van der Waals surface area contributed by atoms with E-state index >= 15 is 0 Å². The third kappa shape index (κ3) is 2.06. The van der Waals surface area contributed by atoms with Crippen LogP contribution in [0, 0.1) is 0 Å². The van der Waals surface area contributed by atoms with Crippen molar-refractivity contribution in [1.82, 2.24) is 15.1 Å². The van der Waals surface area contributed by atoms with Crippen LogP contribution < -0.4 is 5.73 Å². The summed E-state index contributed by atoms with van der Waals surface area (Å²) in [5.41, 5.74) is 7.75. The molecule has 0 aliphatic carbocycles. The monoisotopic (exact) mass is 208 g/mol. The normalized spacial score (nSPS) is 22.8. The van der Waals surface area contributed by atoms with Crippen LogP contribution in [0.1, 0.15) is 44.1 Å². The van der Waals surface area contributed by atoms with Crippen LogP contribution in [-0.4, -0.2) is 27.7 Å². The number of likely N-dealkylation sites (tertiary alicyclic amines) is 1. The second kappa shape index (κ2) is 4.33. The molecule has 2 heterocycles. The Kier molecular flexibility index (Phi) is 3.07. The summed E-state index contributed by atoms with van der Waals surface area (Å²) >= 11 is 0. The lowest BCUT2D eigenvalue weighted by atomic mass is 10.1. The first-order chi connectivity index (χ1) is 7.22. The van der Waals surface area contributed by atoms with Gasteiger partial charge in [-0.05, 0) is 39.3 Å². The smallest absolute Gasteiger partial charge is 0.0797 e. The molecule has 4 nitrogen and oxygen atoms in total. The Balaban J connectivity index is 2.15. The van der Waals surface area contributed by atoms with Crippen molar-refractivity contribution in [2.24, 2.45) is 5.73 Å². The van der Waals surface area contributed by atoms with Crippen molar-refractivity contribution < 1.29 is 0 Å². The van der Waals surface area contributed by atoms with Crippen LogP contribution in [0.25, 0.3) is 0 Å². The van der Waals surface area contributed by atoms with Gasteiger partial charge in [-0.2, -0.15) is 5.10 Å². The number of H-pyrrole nitrogens is 1. The minimum Gasteiger partial charge on any atom is -0.325 e. The van der Waals surface area contributed by atoms with E-state index in [-0.39, 0.29) is 0 Å². The molecule has 1 aromatic heterocycles. The van der Waals surface area contributed by atoms with Crippen LogP contribution >= 0.6 is 0 Å². The highest BCUT2D eigenvalue weighted by molar-refractivity contribution is 5.14. The number of aromatic nitrogens is 2. The Morgan fingerprint density at radius 2 is 2.47 bits per heavy atom. The molecule has 0 saturated carbocycles. The van der Waals surface area contributed by atoms with Gasteiger partial charge in [-0.1, -0.05) is 0 Å². The molecule has 0 radical (unpaired) electrons. The largest absolute Gasteiger partial charge is 0.325 e. The summed E-state index contributed by atoms with van der Waals surface area (Å²) in [5, 5.41) is 7.35. The average Bonchev–Trinajstić information content (AvgIpc) is 2.85. The SMILES string of the molecule is CC(C)N1CCCC1c1cc(CN)[nH]n1. The molecule has 84 valence electrons. The van der Waals surface area contributed by atoms with Crippen LogP contribution in [0.3, 0.4) is 0 Å². The summed E-state index contributed by atoms with van der Waals surface area (Å²) in [5.74, 6) is 0. The van der Waals surface area contributed by atoms with Crippen molar-refractivity contribution in [2.75, 3.05) is 6.54 Å². The highest BCUT2D eigenvalue weighted by Crippen LogP contribution is 2.32. The highest BCUT2D eigenvalue weighted by atomic mass is 15.2. The Bertz CT molecular complexity index is 318. The number of hydrogen-bond acceptors (Lipinski definition) is 3. The molecule has 0 aromatic carbocycles. The number of nitrogens with two attached hydrogens (primary N) is 1. The molecule has 4 heteroatoms. The topological polar surface area (TPSA) is 57.9 Å². The molecule has 1 atom stereocenters. The molecule has 1 saturated heterocycles. The Labute approximate surface area is 90.8 Å². The molecule has 15 heavy (non-hydrogen) atoms. The van der Waals surface area contributed by atoms with Gasteiger partial charge in [0.25, 0.3) is 0 Å². The highest BCUT2D eigenvalue weighted by Gasteiger charge is 2.29. The number of rotatable bonds is 3. The Morgan fingerprint density at radius 1 is 1.67 bits per heavy atom. The summed E-state index contributed by atoms with van der Waals surface area (Å²) in [6.07, 6.45) is 2.49. The summed E-state index contributed by atoms with van der Waals surface area (Å²) in [6.45, 7) is 6.22.